The molecule has 0 bridgehead atoms. The van der Waals surface area contributed by atoms with Gasteiger partial charge in [-0.05, 0) is 30.5 Å². The van der Waals surface area contributed by atoms with Crippen molar-refractivity contribution in [2.24, 2.45) is 5.92 Å². The van der Waals surface area contributed by atoms with Crippen molar-refractivity contribution in [3.63, 3.8) is 0 Å². The number of methoxy groups -OCH3 is 1. The highest BCUT2D eigenvalue weighted by molar-refractivity contribution is 9.10. The van der Waals surface area contributed by atoms with Crippen LogP contribution in [0.15, 0.2) is 28.7 Å². The van der Waals surface area contributed by atoms with Crippen LogP contribution in [0.25, 0.3) is 0 Å². The maximum absolute atomic E-state index is 5.02. The van der Waals surface area contributed by atoms with Crippen molar-refractivity contribution in [2.45, 2.75) is 19.8 Å². The summed E-state index contributed by atoms with van der Waals surface area (Å²) in [6.07, 6.45) is 2.32. The van der Waals surface area contributed by atoms with E-state index in [9.17, 15) is 0 Å². The SMILES string of the molecule is CCC(CNCCOC)Cc1ccccc1Br. The van der Waals surface area contributed by atoms with Gasteiger partial charge in [-0.3, -0.25) is 0 Å². The van der Waals surface area contributed by atoms with Gasteiger partial charge < -0.3 is 10.1 Å². The summed E-state index contributed by atoms with van der Waals surface area (Å²) < 4.78 is 6.24. The lowest BCUT2D eigenvalue weighted by atomic mass is 9.97. The van der Waals surface area contributed by atoms with Crippen molar-refractivity contribution in [3.8, 4) is 0 Å². The monoisotopic (exact) mass is 299 g/mol. The average Bonchev–Trinajstić information content (AvgIpc) is 2.35. The normalized spacial score (nSPS) is 12.6. The van der Waals surface area contributed by atoms with E-state index in [1.54, 1.807) is 7.11 Å². The molecule has 1 unspecified atom stereocenters. The third-order valence-electron chi connectivity index (χ3n) is 2.96. The number of rotatable bonds is 8. The molecule has 1 atom stereocenters. The summed E-state index contributed by atoms with van der Waals surface area (Å²) in [5, 5.41) is 3.44. The molecule has 0 heterocycles. The molecule has 0 saturated heterocycles. The molecule has 1 N–H and O–H groups in total. The van der Waals surface area contributed by atoms with Gasteiger partial charge in [0.25, 0.3) is 0 Å². The zero-order valence-corrected chi connectivity index (χ0v) is 12.3. The maximum atomic E-state index is 5.02. The largest absolute Gasteiger partial charge is 0.383 e. The molecular weight excluding hydrogens is 278 g/mol. The first-order chi connectivity index (χ1) is 8.27. The maximum Gasteiger partial charge on any atom is 0.0587 e. The Morgan fingerprint density at radius 1 is 1.35 bits per heavy atom. The van der Waals surface area contributed by atoms with Gasteiger partial charge in [0.15, 0.2) is 0 Å². The number of benzene rings is 1. The predicted octanol–water partition coefficient (Wildman–Crippen LogP) is 3.25. The van der Waals surface area contributed by atoms with Crippen LogP contribution in [0.5, 0.6) is 0 Å². The van der Waals surface area contributed by atoms with Crippen LogP contribution >= 0.6 is 15.9 Å². The minimum Gasteiger partial charge on any atom is -0.383 e. The minimum atomic E-state index is 0.686. The van der Waals surface area contributed by atoms with Gasteiger partial charge in [0.1, 0.15) is 0 Å². The number of hydrogen-bond acceptors (Lipinski definition) is 2. The Morgan fingerprint density at radius 3 is 2.76 bits per heavy atom. The molecule has 3 heteroatoms. The van der Waals surface area contributed by atoms with Crippen molar-refractivity contribution >= 4 is 15.9 Å². The zero-order chi connectivity index (χ0) is 12.5. The van der Waals surface area contributed by atoms with Crippen LogP contribution in [0.2, 0.25) is 0 Å². The Kier molecular flexibility index (Phi) is 7.49. The van der Waals surface area contributed by atoms with Crippen molar-refractivity contribution in [3.05, 3.63) is 34.3 Å². The molecule has 0 aliphatic carbocycles. The number of ether oxygens (including phenoxy) is 1. The Morgan fingerprint density at radius 2 is 2.12 bits per heavy atom. The van der Waals surface area contributed by atoms with Crippen molar-refractivity contribution in [2.75, 3.05) is 26.8 Å². The van der Waals surface area contributed by atoms with Gasteiger partial charge in [-0.25, -0.2) is 0 Å². The van der Waals surface area contributed by atoms with E-state index in [-0.39, 0.29) is 0 Å². The van der Waals surface area contributed by atoms with E-state index in [0.717, 1.165) is 26.1 Å². The summed E-state index contributed by atoms with van der Waals surface area (Å²) >= 11 is 3.61. The van der Waals surface area contributed by atoms with Crippen molar-refractivity contribution in [1.29, 1.82) is 0 Å². The highest BCUT2D eigenvalue weighted by Crippen LogP contribution is 2.20. The van der Waals surface area contributed by atoms with Crippen molar-refractivity contribution in [1.82, 2.24) is 5.32 Å². The quantitative estimate of drug-likeness (QED) is 0.744. The smallest absolute Gasteiger partial charge is 0.0587 e. The fraction of sp³-hybridized carbons (Fsp3) is 0.571. The van der Waals surface area contributed by atoms with Gasteiger partial charge >= 0.3 is 0 Å². The molecule has 0 spiro atoms. The van der Waals surface area contributed by atoms with E-state index in [4.69, 9.17) is 4.74 Å². The molecule has 17 heavy (non-hydrogen) atoms. The molecular formula is C14H22BrNO. The molecule has 2 nitrogen and oxygen atoms in total. The first-order valence-corrected chi connectivity index (χ1v) is 7.00. The van der Waals surface area contributed by atoms with Crippen LogP contribution in [0.3, 0.4) is 0 Å². The Balaban J connectivity index is 2.38. The summed E-state index contributed by atoms with van der Waals surface area (Å²) in [6, 6.07) is 8.47. The summed E-state index contributed by atoms with van der Waals surface area (Å²) in [5.41, 5.74) is 1.40. The van der Waals surface area contributed by atoms with E-state index in [0.29, 0.717) is 5.92 Å². The topological polar surface area (TPSA) is 21.3 Å². The number of nitrogens with one attached hydrogen (secondary N) is 1. The first kappa shape index (κ1) is 14.7. The number of halogens is 1. The fourth-order valence-electron chi connectivity index (χ4n) is 1.82. The van der Waals surface area contributed by atoms with E-state index in [2.05, 4.69) is 52.4 Å². The second kappa shape index (κ2) is 8.67. The van der Waals surface area contributed by atoms with Crippen LogP contribution in [-0.2, 0) is 11.2 Å². The van der Waals surface area contributed by atoms with E-state index >= 15 is 0 Å². The lowest BCUT2D eigenvalue weighted by molar-refractivity contribution is 0.197. The third-order valence-corrected chi connectivity index (χ3v) is 3.73. The van der Waals surface area contributed by atoms with E-state index in [1.807, 2.05) is 0 Å². The highest BCUT2D eigenvalue weighted by Gasteiger charge is 2.08. The number of hydrogen-bond donors (Lipinski definition) is 1. The van der Waals surface area contributed by atoms with Gasteiger partial charge in [0.2, 0.25) is 0 Å². The van der Waals surface area contributed by atoms with Crippen LogP contribution < -0.4 is 5.32 Å². The minimum absolute atomic E-state index is 0.686. The first-order valence-electron chi connectivity index (χ1n) is 6.21. The second-order valence-electron chi connectivity index (χ2n) is 4.27. The second-order valence-corrected chi connectivity index (χ2v) is 5.12. The molecule has 0 aromatic heterocycles. The summed E-state index contributed by atoms with van der Waals surface area (Å²) in [6.45, 7) is 5.02. The van der Waals surface area contributed by atoms with Crippen LogP contribution in [0.1, 0.15) is 18.9 Å². The molecule has 0 aliphatic rings. The lowest BCUT2D eigenvalue weighted by Crippen LogP contribution is -2.27. The van der Waals surface area contributed by atoms with Crippen LogP contribution in [-0.4, -0.2) is 26.8 Å². The highest BCUT2D eigenvalue weighted by atomic mass is 79.9. The summed E-state index contributed by atoms with van der Waals surface area (Å²) in [7, 11) is 1.74. The molecule has 1 rings (SSSR count). The van der Waals surface area contributed by atoms with Crippen LogP contribution in [0.4, 0.5) is 0 Å². The van der Waals surface area contributed by atoms with Gasteiger partial charge in [-0.2, -0.15) is 0 Å². The standard InChI is InChI=1S/C14H22BrNO/c1-3-12(11-16-8-9-17-2)10-13-6-4-5-7-14(13)15/h4-7,12,16H,3,8-11H2,1-2H3. The molecule has 0 amide bonds. The molecule has 96 valence electrons. The molecule has 1 aromatic rings. The van der Waals surface area contributed by atoms with Gasteiger partial charge in [0, 0.05) is 18.1 Å². The summed E-state index contributed by atoms with van der Waals surface area (Å²) in [5.74, 6) is 0.686. The Bertz CT molecular complexity index is 317. The molecule has 0 radical (unpaired) electrons. The average molecular weight is 300 g/mol. The Labute approximate surface area is 113 Å². The van der Waals surface area contributed by atoms with Gasteiger partial charge in [-0.15, -0.1) is 0 Å². The third kappa shape index (κ3) is 5.66. The fourth-order valence-corrected chi connectivity index (χ4v) is 2.26. The Hall–Kier alpha value is -0.380. The molecule has 1 aromatic carbocycles. The molecule has 0 saturated carbocycles. The van der Waals surface area contributed by atoms with Crippen molar-refractivity contribution < 1.29 is 4.74 Å². The molecule has 0 aliphatic heterocycles. The van der Waals surface area contributed by atoms with Gasteiger partial charge in [-0.1, -0.05) is 47.5 Å². The lowest BCUT2D eigenvalue weighted by Gasteiger charge is -2.16. The molecule has 0 fully saturated rings. The summed E-state index contributed by atoms with van der Waals surface area (Å²) in [4.78, 5) is 0. The van der Waals surface area contributed by atoms with Crippen LogP contribution in [0, 0.1) is 5.92 Å². The zero-order valence-electron chi connectivity index (χ0n) is 10.7. The predicted molar refractivity (Wildman–Crippen MR) is 76.4 cm³/mol. The van der Waals surface area contributed by atoms with Gasteiger partial charge in [0.05, 0.1) is 6.61 Å². The van der Waals surface area contributed by atoms with E-state index < -0.39 is 0 Å². The van der Waals surface area contributed by atoms with E-state index in [1.165, 1.54) is 16.5 Å².